The predicted octanol–water partition coefficient (Wildman–Crippen LogP) is 0.126. The Labute approximate surface area is 97.7 Å². The van der Waals surface area contributed by atoms with Crippen molar-refractivity contribution in [3.05, 3.63) is 17.8 Å². The summed E-state index contributed by atoms with van der Waals surface area (Å²) < 4.78 is 5.22. The molecule has 1 heterocycles. The maximum absolute atomic E-state index is 11.9. The highest BCUT2D eigenvalue weighted by atomic mass is 16.4. The van der Waals surface area contributed by atoms with Crippen molar-refractivity contribution >= 4 is 11.7 Å². The molecule has 1 saturated carbocycles. The molecule has 0 aliphatic heterocycles. The van der Waals surface area contributed by atoms with Gasteiger partial charge in [-0.05, 0) is 19.8 Å². The highest BCUT2D eigenvalue weighted by Gasteiger charge is 2.54. The molecule has 1 aromatic rings. The van der Waals surface area contributed by atoms with Gasteiger partial charge in [-0.3, -0.25) is 4.79 Å². The molecule has 0 bridgehead atoms. The Morgan fingerprint density at radius 1 is 1.76 bits per heavy atom. The van der Waals surface area contributed by atoms with Gasteiger partial charge in [0, 0.05) is 0 Å². The van der Waals surface area contributed by atoms with Crippen molar-refractivity contribution in [1.82, 2.24) is 10.3 Å². The van der Waals surface area contributed by atoms with Gasteiger partial charge in [-0.25, -0.2) is 4.98 Å². The van der Waals surface area contributed by atoms with Crippen LogP contribution in [-0.2, 0) is 11.3 Å². The van der Waals surface area contributed by atoms with Crippen LogP contribution in [0.15, 0.2) is 15.8 Å². The highest BCUT2D eigenvalue weighted by Crippen LogP contribution is 2.46. The predicted molar refractivity (Wildman–Crippen MR) is 58.2 cm³/mol. The van der Waals surface area contributed by atoms with E-state index in [0.29, 0.717) is 24.5 Å². The Kier molecular flexibility index (Phi) is 2.74. The second kappa shape index (κ2) is 4.08. The fourth-order valence-corrected chi connectivity index (χ4v) is 1.63. The summed E-state index contributed by atoms with van der Waals surface area (Å²) in [7, 11) is 0. The van der Waals surface area contributed by atoms with E-state index in [1.54, 1.807) is 13.1 Å². The van der Waals surface area contributed by atoms with E-state index in [1.807, 2.05) is 0 Å². The third kappa shape index (κ3) is 2.08. The smallest absolute Gasteiger partial charge is 0.234 e. The van der Waals surface area contributed by atoms with Gasteiger partial charge >= 0.3 is 0 Å². The van der Waals surface area contributed by atoms with Crippen LogP contribution in [0.2, 0.25) is 0 Å². The Morgan fingerprint density at radius 2 is 2.47 bits per heavy atom. The number of aryl methyl sites for hydroxylation is 1. The summed E-state index contributed by atoms with van der Waals surface area (Å²) in [5, 5.41) is 14.2. The zero-order chi connectivity index (χ0) is 12.5. The summed E-state index contributed by atoms with van der Waals surface area (Å²) in [5.41, 5.74) is 4.65. The molecular weight excluding hydrogens is 224 g/mol. The Bertz CT molecular complexity index is 462. The molecule has 7 nitrogen and oxygen atoms in total. The maximum Gasteiger partial charge on any atom is 0.234 e. The van der Waals surface area contributed by atoms with Crippen LogP contribution in [0.4, 0.5) is 0 Å². The van der Waals surface area contributed by atoms with Crippen LogP contribution in [-0.4, -0.2) is 21.9 Å². The Balaban J connectivity index is 1.94. The van der Waals surface area contributed by atoms with Crippen molar-refractivity contribution in [3.63, 3.8) is 0 Å². The lowest BCUT2D eigenvalue weighted by molar-refractivity contribution is -0.124. The van der Waals surface area contributed by atoms with Crippen LogP contribution in [0.1, 0.15) is 24.5 Å². The van der Waals surface area contributed by atoms with E-state index >= 15 is 0 Å². The van der Waals surface area contributed by atoms with Crippen LogP contribution in [0, 0.1) is 12.3 Å². The van der Waals surface area contributed by atoms with E-state index < -0.39 is 5.41 Å². The molecule has 0 spiro atoms. The third-order valence-corrected chi connectivity index (χ3v) is 2.85. The minimum atomic E-state index is -0.837. The van der Waals surface area contributed by atoms with Crippen LogP contribution in [0.5, 0.6) is 0 Å². The summed E-state index contributed by atoms with van der Waals surface area (Å²) in [6, 6.07) is 0. The van der Waals surface area contributed by atoms with E-state index in [0.717, 1.165) is 0 Å². The van der Waals surface area contributed by atoms with Gasteiger partial charge in [0.25, 0.3) is 0 Å². The average molecular weight is 238 g/mol. The molecule has 4 N–H and O–H groups in total. The summed E-state index contributed by atoms with van der Waals surface area (Å²) in [6.07, 6.45) is 2.77. The molecule has 17 heavy (non-hydrogen) atoms. The summed E-state index contributed by atoms with van der Waals surface area (Å²) in [5.74, 6) is 0.820. The number of nitrogens with one attached hydrogen (secondary N) is 1. The molecule has 0 radical (unpaired) electrons. The minimum Gasteiger partial charge on any atom is -0.444 e. The Hall–Kier alpha value is -2.05. The number of hydrogen-bond acceptors (Lipinski definition) is 5. The molecule has 0 unspecified atom stereocenters. The van der Waals surface area contributed by atoms with Gasteiger partial charge in [0.2, 0.25) is 11.8 Å². The number of rotatable bonds is 4. The molecule has 1 amide bonds. The van der Waals surface area contributed by atoms with Crippen molar-refractivity contribution in [2.24, 2.45) is 16.3 Å². The number of oxime groups is 1. The van der Waals surface area contributed by atoms with E-state index in [1.165, 1.54) is 0 Å². The summed E-state index contributed by atoms with van der Waals surface area (Å²) in [6.45, 7) is 1.98. The monoisotopic (exact) mass is 238 g/mol. The number of amides is 1. The number of hydrogen-bond donors (Lipinski definition) is 3. The van der Waals surface area contributed by atoms with Gasteiger partial charge in [0.1, 0.15) is 11.2 Å². The number of nitrogens with zero attached hydrogens (tertiary/aromatic N) is 2. The van der Waals surface area contributed by atoms with Gasteiger partial charge in [-0.15, -0.1) is 0 Å². The second-order valence-electron chi connectivity index (χ2n) is 4.11. The lowest BCUT2D eigenvalue weighted by atomic mass is 10.1. The topological polar surface area (TPSA) is 114 Å². The second-order valence-corrected chi connectivity index (χ2v) is 4.11. The molecule has 2 rings (SSSR count). The molecule has 1 aliphatic carbocycles. The van der Waals surface area contributed by atoms with Crippen molar-refractivity contribution in [3.8, 4) is 0 Å². The first-order valence-electron chi connectivity index (χ1n) is 5.26. The number of aromatic nitrogens is 1. The molecule has 0 saturated heterocycles. The lowest BCUT2D eigenvalue weighted by Crippen LogP contribution is -2.40. The minimum absolute atomic E-state index is 0.0430. The maximum atomic E-state index is 11.9. The quantitative estimate of drug-likeness (QED) is 0.298. The van der Waals surface area contributed by atoms with Gasteiger partial charge < -0.3 is 20.7 Å². The van der Waals surface area contributed by atoms with Crippen molar-refractivity contribution in [2.75, 3.05) is 0 Å². The van der Waals surface area contributed by atoms with Crippen molar-refractivity contribution in [1.29, 1.82) is 0 Å². The van der Waals surface area contributed by atoms with Gasteiger partial charge in [-0.1, -0.05) is 5.16 Å². The van der Waals surface area contributed by atoms with Crippen LogP contribution in [0.3, 0.4) is 0 Å². The first-order valence-corrected chi connectivity index (χ1v) is 5.26. The zero-order valence-electron chi connectivity index (χ0n) is 9.43. The largest absolute Gasteiger partial charge is 0.444 e. The van der Waals surface area contributed by atoms with E-state index in [-0.39, 0.29) is 18.3 Å². The number of carbonyl (C=O) groups excluding carboxylic acids is 1. The molecule has 0 atom stereocenters. The first-order chi connectivity index (χ1) is 8.08. The summed E-state index contributed by atoms with van der Waals surface area (Å²) >= 11 is 0. The van der Waals surface area contributed by atoms with E-state index in [9.17, 15) is 4.79 Å². The van der Waals surface area contributed by atoms with Gasteiger partial charge in [0.15, 0.2) is 5.84 Å². The molecular formula is C10H14N4O3. The molecule has 92 valence electrons. The standard InChI is InChI=1S/C10H14N4O3/c1-6-4-12-7(17-6)5-13-9(15)10(2-3-10)8(11)14-16/h4,16H,2-3,5H2,1H3,(H2,11,14)(H,13,15). The van der Waals surface area contributed by atoms with Gasteiger partial charge in [-0.2, -0.15) is 0 Å². The number of oxazole rings is 1. The fraction of sp³-hybridized carbons (Fsp3) is 0.500. The fourth-order valence-electron chi connectivity index (χ4n) is 1.63. The summed E-state index contributed by atoms with van der Waals surface area (Å²) in [4.78, 5) is 15.8. The Morgan fingerprint density at radius 3 is 2.94 bits per heavy atom. The number of carbonyl (C=O) groups is 1. The third-order valence-electron chi connectivity index (χ3n) is 2.85. The molecule has 7 heteroatoms. The highest BCUT2D eigenvalue weighted by molar-refractivity contribution is 6.09. The van der Waals surface area contributed by atoms with E-state index in [4.69, 9.17) is 15.4 Å². The molecule has 1 aliphatic rings. The van der Waals surface area contributed by atoms with Gasteiger partial charge in [0.05, 0.1) is 12.7 Å². The molecule has 1 aromatic heterocycles. The molecule has 1 fully saturated rings. The number of amidine groups is 1. The normalized spacial score (nSPS) is 17.8. The van der Waals surface area contributed by atoms with Crippen LogP contribution < -0.4 is 11.1 Å². The van der Waals surface area contributed by atoms with E-state index in [2.05, 4.69) is 15.5 Å². The lowest BCUT2D eigenvalue weighted by Gasteiger charge is -2.12. The van der Waals surface area contributed by atoms with Crippen molar-refractivity contribution < 1.29 is 14.4 Å². The van der Waals surface area contributed by atoms with Crippen LogP contribution >= 0.6 is 0 Å². The average Bonchev–Trinajstić information content (AvgIpc) is 3.04. The molecule has 0 aromatic carbocycles. The number of nitrogens with two attached hydrogens (primary N) is 1. The SMILES string of the molecule is Cc1cnc(CNC(=O)C2(C(N)=NO)CC2)o1. The zero-order valence-corrected chi connectivity index (χ0v) is 9.43. The van der Waals surface area contributed by atoms with Crippen LogP contribution in [0.25, 0.3) is 0 Å². The van der Waals surface area contributed by atoms with Crippen molar-refractivity contribution in [2.45, 2.75) is 26.3 Å². The first kappa shape index (κ1) is 11.4.